The third kappa shape index (κ3) is 3.15. The molecule has 3 N–H and O–H groups in total. The number of nitrogens with two attached hydrogens (primary N) is 1. The molecule has 0 spiro atoms. The van der Waals surface area contributed by atoms with E-state index in [4.69, 9.17) is 21.8 Å². The Morgan fingerprint density at radius 2 is 2.35 bits per heavy atom. The van der Waals surface area contributed by atoms with Crippen LogP contribution in [0, 0.1) is 0 Å². The number of nitrogens with one attached hydrogen (secondary N) is 1. The number of hydrogen-bond donors (Lipinski definition) is 2. The average molecular weight is 334 g/mol. The van der Waals surface area contributed by atoms with Gasteiger partial charge in [-0.25, -0.2) is 4.98 Å². The molecule has 1 amide bonds. The van der Waals surface area contributed by atoms with Crippen molar-refractivity contribution < 1.29 is 9.21 Å². The van der Waals surface area contributed by atoms with Crippen molar-refractivity contribution in [2.45, 2.75) is 25.3 Å². The number of amides is 1. The lowest BCUT2D eigenvalue weighted by molar-refractivity contribution is 0.0996. The van der Waals surface area contributed by atoms with Gasteiger partial charge in [0.15, 0.2) is 16.1 Å². The lowest BCUT2D eigenvalue weighted by Gasteiger charge is -2.15. The Labute approximate surface area is 130 Å². The predicted octanol–water partition coefficient (Wildman–Crippen LogP) is 2.88. The van der Waals surface area contributed by atoms with E-state index in [0.29, 0.717) is 5.13 Å². The number of anilines is 1. The van der Waals surface area contributed by atoms with Gasteiger partial charge in [-0.3, -0.25) is 10.1 Å². The van der Waals surface area contributed by atoms with Crippen LogP contribution in [0.1, 0.15) is 27.5 Å². The van der Waals surface area contributed by atoms with Crippen LogP contribution in [0.3, 0.4) is 0 Å². The number of carbonyl (C=O) groups is 1. The largest absolute Gasteiger partial charge is 0.440 e. The van der Waals surface area contributed by atoms with E-state index in [0.717, 1.165) is 29.8 Å². The zero-order chi connectivity index (χ0) is 13.4. The van der Waals surface area contributed by atoms with Gasteiger partial charge >= 0.3 is 0 Å². The zero-order valence-electron chi connectivity index (χ0n) is 10.4. The molecule has 0 radical (unpaired) electrons. The monoisotopic (exact) mass is 333 g/mol. The molecule has 2 aromatic rings. The van der Waals surface area contributed by atoms with E-state index in [1.807, 2.05) is 0 Å². The third-order valence-electron chi connectivity index (χ3n) is 3.00. The zero-order valence-corrected chi connectivity index (χ0v) is 12.8. The summed E-state index contributed by atoms with van der Waals surface area (Å²) in [5, 5.41) is 3.49. The number of halogens is 2. The van der Waals surface area contributed by atoms with Crippen molar-refractivity contribution in [3.05, 3.63) is 33.7 Å². The summed E-state index contributed by atoms with van der Waals surface area (Å²) >= 11 is 7.10. The lowest BCUT2D eigenvalue weighted by atomic mass is 9.99. The molecule has 1 atom stereocenters. The molecule has 2 heterocycles. The molecular weight excluding hydrogens is 321 g/mol. The van der Waals surface area contributed by atoms with Gasteiger partial charge in [0.2, 0.25) is 0 Å². The maximum absolute atomic E-state index is 11.9. The average Bonchev–Trinajstić information content (AvgIpc) is 2.94. The van der Waals surface area contributed by atoms with E-state index in [-0.39, 0.29) is 35.3 Å². The van der Waals surface area contributed by atoms with Crippen molar-refractivity contribution in [2.75, 3.05) is 5.32 Å². The first-order valence-corrected chi connectivity index (χ1v) is 7.12. The van der Waals surface area contributed by atoms with Crippen LogP contribution in [-0.4, -0.2) is 16.9 Å². The number of hydrogen-bond acceptors (Lipinski definition) is 5. The SMILES string of the molecule is Cl.N[C@H]1CCc2nc(NC(=O)c3ccc(Cl)o3)sc2C1. The molecule has 0 unspecified atom stereocenters. The molecule has 3 rings (SSSR count). The molecule has 0 fully saturated rings. The van der Waals surface area contributed by atoms with Crippen molar-refractivity contribution in [2.24, 2.45) is 5.73 Å². The quantitative estimate of drug-likeness (QED) is 0.885. The summed E-state index contributed by atoms with van der Waals surface area (Å²) in [6, 6.07) is 3.25. The molecule has 0 saturated carbocycles. The van der Waals surface area contributed by atoms with E-state index in [2.05, 4.69) is 10.3 Å². The van der Waals surface area contributed by atoms with Crippen molar-refractivity contribution in [1.29, 1.82) is 0 Å². The van der Waals surface area contributed by atoms with Gasteiger partial charge in [-0.2, -0.15) is 0 Å². The first kappa shape index (κ1) is 15.3. The highest BCUT2D eigenvalue weighted by Gasteiger charge is 2.21. The summed E-state index contributed by atoms with van der Waals surface area (Å²) in [6.45, 7) is 0. The second kappa shape index (κ2) is 6.13. The summed E-state index contributed by atoms with van der Waals surface area (Å²) in [7, 11) is 0. The summed E-state index contributed by atoms with van der Waals surface area (Å²) < 4.78 is 5.05. The minimum Gasteiger partial charge on any atom is -0.440 e. The van der Waals surface area contributed by atoms with E-state index in [1.54, 1.807) is 0 Å². The highest BCUT2D eigenvalue weighted by molar-refractivity contribution is 7.15. The van der Waals surface area contributed by atoms with E-state index >= 15 is 0 Å². The molecule has 0 aliphatic heterocycles. The van der Waals surface area contributed by atoms with Crippen LogP contribution in [0.15, 0.2) is 16.5 Å². The molecule has 108 valence electrons. The van der Waals surface area contributed by atoms with Crippen LogP contribution in [0.4, 0.5) is 5.13 Å². The molecular formula is C12H13Cl2N3O2S. The van der Waals surface area contributed by atoms with E-state index in [9.17, 15) is 4.79 Å². The fraction of sp³-hybridized carbons (Fsp3) is 0.333. The minimum atomic E-state index is -0.345. The van der Waals surface area contributed by atoms with E-state index in [1.165, 1.54) is 23.5 Å². The van der Waals surface area contributed by atoms with Crippen LogP contribution >= 0.6 is 35.3 Å². The Balaban J connectivity index is 0.00000147. The molecule has 0 saturated heterocycles. The number of aryl methyl sites for hydroxylation is 1. The van der Waals surface area contributed by atoms with Crippen LogP contribution in [0.2, 0.25) is 5.22 Å². The fourth-order valence-corrected chi connectivity index (χ4v) is 3.29. The molecule has 1 aliphatic rings. The summed E-state index contributed by atoms with van der Waals surface area (Å²) in [6.07, 6.45) is 2.64. The Kier molecular flexibility index (Phi) is 4.70. The highest BCUT2D eigenvalue weighted by atomic mass is 35.5. The summed E-state index contributed by atoms with van der Waals surface area (Å²) in [5.41, 5.74) is 6.96. The first-order valence-electron chi connectivity index (χ1n) is 5.92. The first-order chi connectivity index (χ1) is 9.11. The molecule has 5 nitrogen and oxygen atoms in total. The van der Waals surface area contributed by atoms with Crippen molar-refractivity contribution in [1.82, 2.24) is 4.98 Å². The maximum Gasteiger partial charge on any atom is 0.293 e. The highest BCUT2D eigenvalue weighted by Crippen LogP contribution is 2.29. The Hall–Kier alpha value is -1.08. The number of carbonyl (C=O) groups excluding carboxylic acids is 1. The molecule has 0 bridgehead atoms. The number of thiazole rings is 1. The predicted molar refractivity (Wildman–Crippen MR) is 81.0 cm³/mol. The summed E-state index contributed by atoms with van der Waals surface area (Å²) in [4.78, 5) is 17.5. The topological polar surface area (TPSA) is 81.1 Å². The smallest absolute Gasteiger partial charge is 0.293 e. The number of aromatic nitrogens is 1. The maximum atomic E-state index is 11.9. The number of furan rings is 1. The summed E-state index contributed by atoms with van der Waals surface area (Å²) in [5.74, 6) is -0.169. The molecule has 1 aliphatic carbocycles. The van der Waals surface area contributed by atoms with Gasteiger partial charge in [-0.1, -0.05) is 0 Å². The second-order valence-corrected chi connectivity index (χ2v) is 5.91. The Morgan fingerprint density at radius 3 is 3.05 bits per heavy atom. The Morgan fingerprint density at radius 1 is 1.55 bits per heavy atom. The number of rotatable bonds is 2. The van der Waals surface area contributed by atoms with Gasteiger partial charge in [0, 0.05) is 10.9 Å². The van der Waals surface area contributed by atoms with Crippen LogP contribution in [0.25, 0.3) is 0 Å². The second-order valence-electron chi connectivity index (χ2n) is 4.45. The Bertz CT molecular complexity index is 626. The van der Waals surface area contributed by atoms with Gasteiger partial charge in [0.05, 0.1) is 5.69 Å². The van der Waals surface area contributed by atoms with Crippen molar-refractivity contribution in [3.63, 3.8) is 0 Å². The van der Waals surface area contributed by atoms with Gasteiger partial charge in [0.1, 0.15) is 0 Å². The van der Waals surface area contributed by atoms with Gasteiger partial charge in [-0.05, 0) is 43.0 Å². The standard InChI is InChI=1S/C12H12ClN3O2S.ClH/c13-10-4-3-8(18-10)11(17)16-12-15-7-2-1-6(14)5-9(7)19-12;/h3-4,6H,1-2,5,14H2,(H,15,16,17);1H/t6-;/m0./s1. The van der Waals surface area contributed by atoms with Crippen LogP contribution in [-0.2, 0) is 12.8 Å². The van der Waals surface area contributed by atoms with Crippen molar-refractivity contribution in [3.8, 4) is 0 Å². The van der Waals surface area contributed by atoms with Crippen molar-refractivity contribution >= 4 is 46.4 Å². The van der Waals surface area contributed by atoms with Gasteiger partial charge in [0.25, 0.3) is 5.91 Å². The van der Waals surface area contributed by atoms with Crippen LogP contribution in [0.5, 0.6) is 0 Å². The fourth-order valence-electron chi connectivity index (χ4n) is 2.05. The normalized spacial score (nSPS) is 17.2. The number of fused-ring (bicyclic) bond motifs is 1. The molecule has 2 aromatic heterocycles. The minimum absolute atomic E-state index is 0. The van der Waals surface area contributed by atoms with E-state index < -0.39 is 0 Å². The molecule has 0 aromatic carbocycles. The van der Waals surface area contributed by atoms with Gasteiger partial charge in [-0.15, -0.1) is 23.7 Å². The van der Waals surface area contributed by atoms with Crippen LogP contribution < -0.4 is 11.1 Å². The lowest BCUT2D eigenvalue weighted by Crippen LogP contribution is -2.27. The molecule has 8 heteroatoms. The number of nitrogens with zero attached hydrogens (tertiary/aromatic N) is 1. The molecule has 20 heavy (non-hydrogen) atoms. The van der Waals surface area contributed by atoms with Gasteiger partial charge < -0.3 is 10.2 Å². The third-order valence-corrected chi connectivity index (χ3v) is 4.23.